The van der Waals surface area contributed by atoms with E-state index in [4.69, 9.17) is 5.73 Å². The Morgan fingerprint density at radius 1 is 1.58 bits per heavy atom. The molecule has 1 aromatic carbocycles. The monoisotopic (exact) mass is 165 g/mol. The van der Waals surface area contributed by atoms with Crippen LogP contribution in [0.25, 0.3) is 0 Å². The molecule has 1 rings (SSSR count). The third-order valence-electron chi connectivity index (χ3n) is 1.74. The van der Waals surface area contributed by atoms with Gasteiger partial charge in [-0.1, -0.05) is 24.3 Å². The van der Waals surface area contributed by atoms with E-state index in [0.717, 1.165) is 11.1 Å². The van der Waals surface area contributed by atoms with Gasteiger partial charge >= 0.3 is 0 Å². The van der Waals surface area contributed by atoms with E-state index in [1.54, 1.807) is 12.1 Å². The van der Waals surface area contributed by atoms with Gasteiger partial charge in [-0.2, -0.15) is 0 Å². The van der Waals surface area contributed by atoms with E-state index in [-0.39, 0.29) is 11.9 Å². The van der Waals surface area contributed by atoms with E-state index in [2.05, 4.69) is 6.58 Å². The zero-order chi connectivity index (χ0) is 9.14. The molecule has 64 valence electrons. The molecule has 0 amide bonds. The van der Waals surface area contributed by atoms with Crippen molar-refractivity contribution in [2.24, 2.45) is 5.73 Å². The van der Waals surface area contributed by atoms with E-state index >= 15 is 0 Å². The van der Waals surface area contributed by atoms with Crippen molar-refractivity contribution in [3.63, 3.8) is 0 Å². The molecule has 1 atom stereocenters. The van der Waals surface area contributed by atoms with Gasteiger partial charge in [0.25, 0.3) is 0 Å². The van der Waals surface area contributed by atoms with Gasteiger partial charge in [0, 0.05) is 0 Å². The van der Waals surface area contributed by atoms with Crippen molar-refractivity contribution in [3.8, 4) is 0 Å². The second-order valence-corrected chi connectivity index (χ2v) is 2.88. The number of benzene rings is 1. The fourth-order valence-electron chi connectivity index (χ4n) is 0.985. The molecule has 2 heteroatoms. The predicted octanol–water partition coefficient (Wildman–Crippen LogP) is 2.40. The highest BCUT2D eigenvalue weighted by atomic mass is 19.1. The molecule has 0 aliphatic rings. The third-order valence-corrected chi connectivity index (χ3v) is 1.74. The van der Waals surface area contributed by atoms with E-state index in [1.165, 1.54) is 12.1 Å². The normalized spacial score (nSPS) is 12.6. The first kappa shape index (κ1) is 8.94. The van der Waals surface area contributed by atoms with Gasteiger partial charge in [0.05, 0.1) is 6.04 Å². The highest BCUT2D eigenvalue weighted by molar-refractivity contribution is 5.25. The highest BCUT2D eigenvalue weighted by Crippen LogP contribution is 2.17. The topological polar surface area (TPSA) is 26.0 Å². The average Bonchev–Trinajstić information content (AvgIpc) is 2.03. The lowest BCUT2D eigenvalue weighted by Crippen LogP contribution is -2.10. The third kappa shape index (κ3) is 1.92. The molecule has 0 radical (unpaired) electrons. The zero-order valence-electron chi connectivity index (χ0n) is 7.05. The summed E-state index contributed by atoms with van der Waals surface area (Å²) < 4.78 is 12.7. The van der Waals surface area contributed by atoms with Gasteiger partial charge in [-0.05, 0) is 24.6 Å². The van der Waals surface area contributed by atoms with Crippen LogP contribution in [0.4, 0.5) is 4.39 Å². The molecule has 0 bridgehead atoms. The second kappa shape index (κ2) is 3.50. The Hall–Kier alpha value is -1.15. The molecule has 0 aromatic heterocycles. The molecule has 2 N–H and O–H groups in total. The van der Waals surface area contributed by atoms with Crippen molar-refractivity contribution in [1.29, 1.82) is 0 Å². The van der Waals surface area contributed by atoms with Gasteiger partial charge in [-0.15, -0.1) is 0 Å². The summed E-state index contributed by atoms with van der Waals surface area (Å²) in [6, 6.07) is 6.00. The van der Waals surface area contributed by atoms with Crippen LogP contribution in [-0.2, 0) is 0 Å². The van der Waals surface area contributed by atoms with Crippen molar-refractivity contribution >= 4 is 0 Å². The Labute approximate surface area is 71.7 Å². The lowest BCUT2D eigenvalue weighted by atomic mass is 10.0. The van der Waals surface area contributed by atoms with Crippen LogP contribution in [0.5, 0.6) is 0 Å². The van der Waals surface area contributed by atoms with Crippen LogP contribution in [0, 0.1) is 5.82 Å². The Morgan fingerprint density at radius 2 is 2.25 bits per heavy atom. The molecule has 0 aliphatic carbocycles. The van der Waals surface area contributed by atoms with Crippen LogP contribution in [0.15, 0.2) is 36.4 Å². The number of halogens is 1. The van der Waals surface area contributed by atoms with Crippen molar-refractivity contribution < 1.29 is 4.39 Å². The van der Waals surface area contributed by atoms with Gasteiger partial charge in [-0.3, -0.25) is 0 Å². The second-order valence-electron chi connectivity index (χ2n) is 2.88. The summed E-state index contributed by atoms with van der Waals surface area (Å²) >= 11 is 0. The molecule has 0 spiro atoms. The van der Waals surface area contributed by atoms with Gasteiger partial charge < -0.3 is 5.73 Å². The number of hydrogen-bond acceptors (Lipinski definition) is 1. The predicted molar refractivity (Wildman–Crippen MR) is 48.1 cm³/mol. The summed E-state index contributed by atoms with van der Waals surface area (Å²) in [5.41, 5.74) is 7.34. The van der Waals surface area contributed by atoms with Gasteiger partial charge in [0.15, 0.2) is 0 Å². The Balaban J connectivity index is 2.95. The fraction of sp³-hybridized carbons (Fsp3) is 0.200. The molecule has 0 fully saturated rings. The first-order valence-electron chi connectivity index (χ1n) is 3.77. The van der Waals surface area contributed by atoms with Crippen molar-refractivity contribution in [2.45, 2.75) is 13.0 Å². The largest absolute Gasteiger partial charge is 0.321 e. The van der Waals surface area contributed by atoms with Crippen molar-refractivity contribution in [1.82, 2.24) is 0 Å². The quantitative estimate of drug-likeness (QED) is 0.669. The van der Waals surface area contributed by atoms with Crippen LogP contribution in [0.1, 0.15) is 18.5 Å². The Morgan fingerprint density at radius 3 is 2.75 bits per heavy atom. The summed E-state index contributed by atoms with van der Waals surface area (Å²) in [7, 11) is 0. The lowest BCUT2D eigenvalue weighted by Gasteiger charge is -2.10. The minimum absolute atomic E-state index is 0.260. The summed E-state index contributed by atoms with van der Waals surface area (Å²) in [5, 5.41) is 0. The lowest BCUT2D eigenvalue weighted by molar-refractivity contribution is 0.623. The van der Waals surface area contributed by atoms with Crippen LogP contribution in [0.3, 0.4) is 0 Å². The zero-order valence-corrected chi connectivity index (χ0v) is 7.05. The first-order valence-corrected chi connectivity index (χ1v) is 3.77. The minimum Gasteiger partial charge on any atom is -0.321 e. The molecule has 0 heterocycles. The summed E-state index contributed by atoms with van der Waals surface area (Å²) in [6.45, 7) is 5.54. The molecular formula is C10H12FN. The Bertz CT molecular complexity index is 294. The SMILES string of the molecule is C=C(C)C(N)c1cccc(F)c1. The molecule has 0 saturated carbocycles. The highest BCUT2D eigenvalue weighted by Gasteiger charge is 2.05. The summed E-state index contributed by atoms with van der Waals surface area (Å²) in [4.78, 5) is 0. The van der Waals surface area contributed by atoms with Crippen molar-refractivity contribution in [3.05, 3.63) is 47.8 Å². The van der Waals surface area contributed by atoms with E-state index in [1.807, 2.05) is 6.92 Å². The smallest absolute Gasteiger partial charge is 0.123 e. The van der Waals surface area contributed by atoms with Crippen LogP contribution < -0.4 is 5.73 Å². The van der Waals surface area contributed by atoms with Gasteiger partial charge in [-0.25, -0.2) is 4.39 Å². The van der Waals surface area contributed by atoms with Gasteiger partial charge in [0.2, 0.25) is 0 Å². The molecule has 0 saturated heterocycles. The molecule has 1 unspecified atom stereocenters. The van der Waals surface area contributed by atoms with Crippen LogP contribution in [0.2, 0.25) is 0 Å². The van der Waals surface area contributed by atoms with Crippen LogP contribution >= 0.6 is 0 Å². The standard InChI is InChI=1S/C10H12FN/c1-7(2)10(12)8-4-3-5-9(11)6-8/h3-6,10H,1,12H2,2H3. The number of hydrogen-bond donors (Lipinski definition) is 1. The Kier molecular flexibility index (Phi) is 2.61. The first-order chi connectivity index (χ1) is 5.61. The van der Waals surface area contributed by atoms with E-state index in [9.17, 15) is 4.39 Å². The van der Waals surface area contributed by atoms with E-state index < -0.39 is 0 Å². The minimum atomic E-state index is -0.263. The molecular weight excluding hydrogens is 153 g/mol. The summed E-state index contributed by atoms with van der Waals surface area (Å²) in [5.74, 6) is -0.260. The molecule has 1 nitrogen and oxygen atoms in total. The maximum absolute atomic E-state index is 12.7. The maximum atomic E-state index is 12.7. The average molecular weight is 165 g/mol. The van der Waals surface area contributed by atoms with E-state index in [0.29, 0.717) is 0 Å². The molecule has 1 aromatic rings. The maximum Gasteiger partial charge on any atom is 0.123 e. The fourth-order valence-corrected chi connectivity index (χ4v) is 0.985. The van der Waals surface area contributed by atoms with Crippen LogP contribution in [-0.4, -0.2) is 0 Å². The molecule has 12 heavy (non-hydrogen) atoms. The molecule has 0 aliphatic heterocycles. The number of rotatable bonds is 2. The summed E-state index contributed by atoms with van der Waals surface area (Å²) in [6.07, 6.45) is 0. The van der Waals surface area contributed by atoms with Crippen molar-refractivity contribution in [2.75, 3.05) is 0 Å². The number of nitrogens with two attached hydrogens (primary N) is 1. The van der Waals surface area contributed by atoms with Gasteiger partial charge in [0.1, 0.15) is 5.82 Å².